The molecule has 0 saturated heterocycles. The molecule has 0 amide bonds. The van der Waals surface area contributed by atoms with Crippen LogP contribution in [0.1, 0.15) is 89.2 Å². The van der Waals surface area contributed by atoms with Crippen molar-refractivity contribution in [2.45, 2.75) is 104 Å². The van der Waals surface area contributed by atoms with Gasteiger partial charge in [0.15, 0.2) is 5.78 Å². The maximum Gasteiger partial charge on any atom is 0.306 e. The predicted octanol–water partition coefficient (Wildman–Crippen LogP) is 6.12. The number of hydrogen-bond donors (Lipinski definition) is 1. The van der Waals surface area contributed by atoms with E-state index < -0.39 is 6.10 Å². The Morgan fingerprint density at radius 1 is 1.00 bits per heavy atom. The van der Waals surface area contributed by atoms with E-state index in [2.05, 4.69) is 31.2 Å². The Balaban J connectivity index is 1.59. The van der Waals surface area contributed by atoms with Gasteiger partial charge in [-0.1, -0.05) is 68.0 Å². The van der Waals surface area contributed by atoms with Crippen molar-refractivity contribution in [2.75, 3.05) is 0 Å². The number of aliphatic hydroxyl groups is 1. The minimum atomic E-state index is -0.591. The lowest BCUT2D eigenvalue weighted by Crippen LogP contribution is -2.30. The molecule has 3 atom stereocenters. The second-order valence-electron chi connectivity index (χ2n) is 9.59. The van der Waals surface area contributed by atoms with Gasteiger partial charge in [0.05, 0.1) is 18.1 Å². The molecule has 0 spiro atoms. The molecule has 1 N–H and O–H groups in total. The first-order valence-corrected chi connectivity index (χ1v) is 12.5. The molecule has 32 heavy (non-hydrogen) atoms. The summed E-state index contributed by atoms with van der Waals surface area (Å²) in [6.07, 6.45) is 13.2. The number of carbonyl (C=O) groups is 2. The van der Waals surface area contributed by atoms with E-state index in [0.717, 1.165) is 38.5 Å². The number of rotatable bonds is 15. The van der Waals surface area contributed by atoms with Crippen LogP contribution in [0, 0.1) is 18.8 Å². The van der Waals surface area contributed by atoms with Crippen molar-refractivity contribution in [3.63, 3.8) is 0 Å². The first-order valence-electron chi connectivity index (χ1n) is 12.5. The van der Waals surface area contributed by atoms with Gasteiger partial charge in [0.2, 0.25) is 0 Å². The lowest BCUT2D eigenvalue weighted by atomic mass is 9.83. The topological polar surface area (TPSA) is 63.6 Å². The smallest absolute Gasteiger partial charge is 0.306 e. The highest BCUT2D eigenvalue weighted by molar-refractivity contribution is 5.95. The molecule has 2 rings (SSSR count). The number of ketones is 1. The van der Waals surface area contributed by atoms with Crippen molar-refractivity contribution in [1.82, 2.24) is 0 Å². The standard InChI is InChI=1S/C28H42O4/c1-21(2)32-27(31)14-10-6-9-13-25(29)28-24(19-20-26(28)30)12-8-5-4-7-11-23-17-15-22(3)16-18-23/h15-21,24-25,28-29H,4-14H2,1-3H3/t24-,25-,28?/m1/s1. The highest BCUT2D eigenvalue weighted by Crippen LogP contribution is 2.32. The van der Waals surface area contributed by atoms with E-state index in [-0.39, 0.29) is 29.7 Å². The summed E-state index contributed by atoms with van der Waals surface area (Å²) in [5, 5.41) is 10.7. The number of aliphatic hydroxyl groups excluding tert-OH is 1. The average Bonchev–Trinajstić information content (AvgIpc) is 3.11. The quantitative estimate of drug-likeness (QED) is 0.262. The van der Waals surface area contributed by atoms with Crippen molar-refractivity contribution < 1.29 is 19.4 Å². The third kappa shape index (κ3) is 9.68. The summed E-state index contributed by atoms with van der Waals surface area (Å²) < 4.78 is 5.13. The van der Waals surface area contributed by atoms with Crippen LogP contribution in [-0.2, 0) is 20.7 Å². The summed E-state index contributed by atoms with van der Waals surface area (Å²) in [6, 6.07) is 8.78. The second-order valence-corrected chi connectivity index (χ2v) is 9.59. The monoisotopic (exact) mass is 442 g/mol. The number of carbonyl (C=O) groups excluding carboxylic acids is 2. The summed E-state index contributed by atoms with van der Waals surface area (Å²) in [6.45, 7) is 5.81. The van der Waals surface area contributed by atoms with Gasteiger partial charge in [-0.25, -0.2) is 0 Å². The Morgan fingerprint density at radius 3 is 2.41 bits per heavy atom. The summed E-state index contributed by atoms with van der Waals surface area (Å²) >= 11 is 0. The highest BCUT2D eigenvalue weighted by Gasteiger charge is 2.35. The summed E-state index contributed by atoms with van der Waals surface area (Å²) in [5.74, 6) is -0.207. The van der Waals surface area contributed by atoms with Gasteiger partial charge < -0.3 is 9.84 Å². The van der Waals surface area contributed by atoms with Gasteiger partial charge in [-0.3, -0.25) is 9.59 Å². The van der Waals surface area contributed by atoms with Crippen LogP contribution in [0.5, 0.6) is 0 Å². The molecule has 0 bridgehead atoms. The fourth-order valence-electron chi connectivity index (χ4n) is 4.53. The van der Waals surface area contributed by atoms with Gasteiger partial charge >= 0.3 is 5.97 Å². The van der Waals surface area contributed by atoms with Gasteiger partial charge in [0, 0.05) is 6.42 Å². The van der Waals surface area contributed by atoms with Crippen LogP contribution in [0.25, 0.3) is 0 Å². The molecule has 1 aliphatic rings. The van der Waals surface area contributed by atoms with E-state index in [1.54, 1.807) is 6.08 Å². The zero-order chi connectivity index (χ0) is 23.3. The molecule has 0 heterocycles. The van der Waals surface area contributed by atoms with Crippen molar-refractivity contribution >= 4 is 11.8 Å². The summed E-state index contributed by atoms with van der Waals surface area (Å²) in [7, 11) is 0. The van der Waals surface area contributed by atoms with Gasteiger partial charge in [-0.2, -0.15) is 0 Å². The fraction of sp³-hybridized carbons (Fsp3) is 0.643. The molecule has 0 aliphatic heterocycles. The Hall–Kier alpha value is -1.94. The largest absolute Gasteiger partial charge is 0.463 e. The van der Waals surface area contributed by atoms with E-state index >= 15 is 0 Å². The number of esters is 1. The molecular formula is C28H42O4. The summed E-state index contributed by atoms with van der Waals surface area (Å²) in [5.41, 5.74) is 2.70. The van der Waals surface area contributed by atoms with E-state index in [1.807, 2.05) is 19.9 Å². The van der Waals surface area contributed by atoms with E-state index in [9.17, 15) is 14.7 Å². The first-order chi connectivity index (χ1) is 15.4. The van der Waals surface area contributed by atoms with Gasteiger partial charge in [-0.15, -0.1) is 0 Å². The zero-order valence-electron chi connectivity index (χ0n) is 20.2. The minimum Gasteiger partial charge on any atom is -0.463 e. The summed E-state index contributed by atoms with van der Waals surface area (Å²) in [4.78, 5) is 23.9. The van der Waals surface area contributed by atoms with E-state index in [0.29, 0.717) is 12.8 Å². The Morgan fingerprint density at radius 2 is 1.69 bits per heavy atom. The fourth-order valence-corrected chi connectivity index (χ4v) is 4.53. The molecule has 0 fully saturated rings. The Bertz CT molecular complexity index is 719. The number of aryl methyl sites for hydroxylation is 2. The van der Waals surface area contributed by atoms with Crippen LogP contribution in [-0.4, -0.2) is 29.1 Å². The lowest BCUT2D eigenvalue weighted by molar-refractivity contribution is -0.147. The van der Waals surface area contributed by atoms with Crippen LogP contribution in [0.2, 0.25) is 0 Å². The number of allylic oxidation sites excluding steroid dienone is 2. The third-order valence-corrected chi connectivity index (χ3v) is 6.33. The molecule has 1 aromatic carbocycles. The van der Waals surface area contributed by atoms with Gasteiger partial charge in [-0.05, 0) is 70.4 Å². The number of ether oxygens (including phenoxy) is 1. The first kappa shape index (κ1) is 26.3. The van der Waals surface area contributed by atoms with Crippen molar-refractivity contribution in [2.24, 2.45) is 11.8 Å². The Kier molecular flexibility index (Phi) is 11.7. The normalized spacial score (nSPS) is 19.0. The lowest BCUT2D eigenvalue weighted by Gasteiger charge is -2.23. The van der Waals surface area contributed by atoms with Crippen molar-refractivity contribution in [1.29, 1.82) is 0 Å². The molecule has 4 heteroatoms. The van der Waals surface area contributed by atoms with Crippen LogP contribution in [0.4, 0.5) is 0 Å². The van der Waals surface area contributed by atoms with Crippen LogP contribution in [0.15, 0.2) is 36.4 Å². The molecule has 0 saturated carbocycles. The average molecular weight is 443 g/mol. The number of benzene rings is 1. The maximum absolute atomic E-state index is 12.3. The van der Waals surface area contributed by atoms with Crippen molar-refractivity contribution in [3.05, 3.63) is 47.5 Å². The molecule has 0 aromatic heterocycles. The molecule has 1 aliphatic carbocycles. The molecule has 178 valence electrons. The van der Waals surface area contributed by atoms with Crippen LogP contribution < -0.4 is 0 Å². The number of hydrogen-bond acceptors (Lipinski definition) is 4. The molecule has 1 aromatic rings. The second kappa shape index (κ2) is 14.3. The van der Waals surface area contributed by atoms with Crippen LogP contribution in [0.3, 0.4) is 0 Å². The molecular weight excluding hydrogens is 400 g/mol. The predicted molar refractivity (Wildman–Crippen MR) is 129 cm³/mol. The molecule has 0 radical (unpaired) electrons. The maximum atomic E-state index is 12.3. The highest BCUT2D eigenvalue weighted by atomic mass is 16.5. The number of unbranched alkanes of at least 4 members (excludes halogenated alkanes) is 5. The van der Waals surface area contributed by atoms with Crippen LogP contribution >= 0.6 is 0 Å². The van der Waals surface area contributed by atoms with Gasteiger partial charge in [0.25, 0.3) is 0 Å². The molecule has 4 nitrogen and oxygen atoms in total. The van der Waals surface area contributed by atoms with Crippen molar-refractivity contribution in [3.8, 4) is 0 Å². The zero-order valence-corrected chi connectivity index (χ0v) is 20.2. The van der Waals surface area contributed by atoms with Gasteiger partial charge in [0.1, 0.15) is 0 Å². The minimum absolute atomic E-state index is 0.0717. The Labute approximate surface area is 194 Å². The van der Waals surface area contributed by atoms with E-state index in [1.165, 1.54) is 30.4 Å². The third-order valence-electron chi connectivity index (χ3n) is 6.33. The van der Waals surface area contributed by atoms with E-state index in [4.69, 9.17) is 4.74 Å². The molecule has 1 unspecified atom stereocenters. The SMILES string of the molecule is Cc1ccc(CCCCCC[C@@H]2C=CC(=O)C2[C@H](O)CCCCCC(=O)OC(C)C)cc1.